The van der Waals surface area contributed by atoms with Crippen molar-refractivity contribution in [3.8, 4) is 0 Å². The summed E-state index contributed by atoms with van der Waals surface area (Å²) in [4.78, 5) is 16.6. The highest BCUT2D eigenvalue weighted by atomic mass is 35.5. The smallest absolute Gasteiger partial charge is 0.263 e. The Morgan fingerprint density at radius 2 is 1.88 bits per heavy atom. The molecular weight excluding hydrogens is 374 g/mol. The lowest BCUT2D eigenvalue weighted by molar-refractivity contribution is -0.121. The molecule has 2 aromatic rings. The van der Waals surface area contributed by atoms with Crippen LogP contribution in [0.15, 0.2) is 58.4 Å². The van der Waals surface area contributed by atoms with Crippen molar-refractivity contribution >= 4 is 33.4 Å². The van der Waals surface area contributed by atoms with Crippen LogP contribution >= 0.6 is 11.6 Å². The van der Waals surface area contributed by atoms with Crippen molar-refractivity contribution in [2.24, 2.45) is 4.99 Å². The van der Waals surface area contributed by atoms with E-state index >= 15 is 0 Å². The number of amides is 1. The third-order valence-corrected chi connectivity index (χ3v) is 5.76. The average molecular weight is 392 g/mol. The van der Waals surface area contributed by atoms with Gasteiger partial charge in [-0.15, -0.1) is 0 Å². The Kier molecular flexibility index (Phi) is 5.29. The molecule has 8 heteroatoms. The van der Waals surface area contributed by atoms with Crippen molar-refractivity contribution in [1.82, 2.24) is 10.0 Å². The highest BCUT2D eigenvalue weighted by molar-refractivity contribution is 7.90. The van der Waals surface area contributed by atoms with E-state index < -0.39 is 10.0 Å². The van der Waals surface area contributed by atoms with Crippen LogP contribution in [0.4, 0.5) is 0 Å². The SMILES string of the molecule is C[C@H](NC(=O)CCN=C1NS(=O)(=O)c2ccccc21)c1ccccc1Cl. The van der Waals surface area contributed by atoms with E-state index in [-0.39, 0.29) is 35.6 Å². The van der Waals surface area contributed by atoms with Crippen LogP contribution in [-0.4, -0.2) is 26.7 Å². The van der Waals surface area contributed by atoms with E-state index in [9.17, 15) is 13.2 Å². The number of aliphatic imine (C=N–C) groups is 1. The summed E-state index contributed by atoms with van der Waals surface area (Å²) in [5, 5.41) is 3.46. The Hall–Kier alpha value is -2.38. The van der Waals surface area contributed by atoms with E-state index in [1.165, 1.54) is 6.07 Å². The molecule has 1 aliphatic rings. The van der Waals surface area contributed by atoms with Crippen LogP contribution in [0.3, 0.4) is 0 Å². The van der Waals surface area contributed by atoms with Gasteiger partial charge < -0.3 is 5.32 Å². The van der Waals surface area contributed by atoms with E-state index in [1.807, 2.05) is 25.1 Å². The van der Waals surface area contributed by atoms with E-state index in [2.05, 4.69) is 15.0 Å². The standard InChI is InChI=1S/C18H18ClN3O3S/c1-12(13-6-2-4-8-15(13)19)21-17(23)10-11-20-18-14-7-3-5-9-16(14)26(24,25)22-18/h2-9,12H,10-11H2,1H3,(H,20,22)(H,21,23)/t12-/m0/s1. The zero-order chi connectivity index (χ0) is 18.7. The van der Waals surface area contributed by atoms with Gasteiger partial charge in [0, 0.05) is 17.0 Å². The van der Waals surface area contributed by atoms with Crippen LogP contribution in [0.2, 0.25) is 5.02 Å². The van der Waals surface area contributed by atoms with E-state index in [0.717, 1.165) is 5.56 Å². The Morgan fingerprint density at radius 3 is 2.65 bits per heavy atom. The van der Waals surface area contributed by atoms with Gasteiger partial charge in [0.15, 0.2) is 0 Å². The number of fused-ring (bicyclic) bond motifs is 1. The van der Waals surface area contributed by atoms with Gasteiger partial charge in [-0.05, 0) is 30.7 Å². The van der Waals surface area contributed by atoms with Crippen molar-refractivity contribution in [1.29, 1.82) is 0 Å². The molecule has 1 heterocycles. The first-order valence-corrected chi connectivity index (χ1v) is 9.95. The predicted octanol–water partition coefficient (Wildman–Crippen LogP) is 2.65. The minimum atomic E-state index is -3.56. The van der Waals surface area contributed by atoms with Crippen LogP contribution in [-0.2, 0) is 14.8 Å². The summed E-state index contributed by atoms with van der Waals surface area (Å²) in [5.41, 5.74) is 1.36. The van der Waals surface area contributed by atoms with Gasteiger partial charge in [-0.2, -0.15) is 0 Å². The predicted molar refractivity (Wildman–Crippen MR) is 101 cm³/mol. The lowest BCUT2D eigenvalue weighted by Crippen LogP contribution is -2.27. The molecule has 0 aliphatic carbocycles. The van der Waals surface area contributed by atoms with Crippen molar-refractivity contribution in [2.45, 2.75) is 24.3 Å². The molecule has 1 amide bonds. The molecule has 26 heavy (non-hydrogen) atoms. The molecule has 0 fully saturated rings. The van der Waals surface area contributed by atoms with Gasteiger partial charge >= 0.3 is 0 Å². The fraction of sp³-hybridized carbons (Fsp3) is 0.222. The molecule has 0 bridgehead atoms. The molecule has 2 aromatic carbocycles. The number of nitrogens with one attached hydrogen (secondary N) is 2. The summed E-state index contributed by atoms with van der Waals surface area (Å²) in [6.07, 6.45) is 0.141. The van der Waals surface area contributed by atoms with E-state index in [0.29, 0.717) is 10.6 Å². The third kappa shape index (κ3) is 3.89. The van der Waals surface area contributed by atoms with Crippen LogP contribution in [0.25, 0.3) is 0 Å². The quantitative estimate of drug-likeness (QED) is 0.821. The van der Waals surface area contributed by atoms with Gasteiger partial charge in [-0.1, -0.05) is 41.9 Å². The second kappa shape index (κ2) is 7.47. The minimum Gasteiger partial charge on any atom is -0.349 e. The molecule has 6 nitrogen and oxygen atoms in total. The van der Waals surface area contributed by atoms with E-state index in [1.54, 1.807) is 24.3 Å². The number of sulfonamides is 1. The molecule has 0 saturated heterocycles. The first-order valence-electron chi connectivity index (χ1n) is 8.09. The molecule has 0 radical (unpaired) electrons. The number of hydrogen-bond acceptors (Lipinski definition) is 4. The maximum absolute atomic E-state index is 12.1. The maximum atomic E-state index is 12.1. The van der Waals surface area contributed by atoms with Crippen molar-refractivity contribution in [3.63, 3.8) is 0 Å². The second-order valence-electron chi connectivity index (χ2n) is 5.89. The highest BCUT2D eigenvalue weighted by Crippen LogP contribution is 2.23. The van der Waals surface area contributed by atoms with Gasteiger partial charge in [-0.3, -0.25) is 14.5 Å². The number of carbonyl (C=O) groups excluding carboxylic acids is 1. The molecule has 1 aliphatic heterocycles. The van der Waals surface area contributed by atoms with Crippen molar-refractivity contribution in [3.05, 3.63) is 64.7 Å². The summed E-state index contributed by atoms with van der Waals surface area (Å²) in [6.45, 7) is 2.03. The molecule has 0 unspecified atom stereocenters. The minimum absolute atomic E-state index is 0.141. The fourth-order valence-corrected chi connectivity index (χ4v) is 4.29. The summed E-state index contributed by atoms with van der Waals surface area (Å²) < 4.78 is 26.4. The topological polar surface area (TPSA) is 87.6 Å². The Morgan fingerprint density at radius 1 is 1.19 bits per heavy atom. The summed E-state index contributed by atoms with van der Waals surface area (Å²) in [6, 6.07) is 13.7. The first kappa shape index (κ1) is 18.4. The van der Waals surface area contributed by atoms with Crippen molar-refractivity contribution in [2.75, 3.05) is 6.54 Å². The molecule has 2 N–H and O–H groups in total. The fourth-order valence-electron chi connectivity index (χ4n) is 2.74. The molecule has 0 spiro atoms. The number of amidine groups is 1. The van der Waals surface area contributed by atoms with Crippen LogP contribution in [0.1, 0.15) is 30.5 Å². The largest absolute Gasteiger partial charge is 0.349 e. The Labute approximate surface area is 157 Å². The number of carbonyl (C=O) groups is 1. The maximum Gasteiger partial charge on any atom is 0.263 e. The summed E-state index contributed by atoms with van der Waals surface area (Å²) in [7, 11) is -3.56. The number of halogens is 1. The Balaban J connectivity index is 1.61. The molecule has 0 saturated carbocycles. The molecule has 136 valence electrons. The van der Waals surface area contributed by atoms with Crippen molar-refractivity contribution < 1.29 is 13.2 Å². The number of rotatable bonds is 5. The van der Waals surface area contributed by atoms with Gasteiger partial charge in [0.2, 0.25) is 5.91 Å². The third-order valence-electron chi connectivity index (χ3n) is 4.02. The summed E-state index contributed by atoms with van der Waals surface area (Å²) in [5.74, 6) is 0.0865. The summed E-state index contributed by atoms with van der Waals surface area (Å²) >= 11 is 6.13. The number of hydrogen-bond donors (Lipinski definition) is 2. The van der Waals surface area contributed by atoms with Gasteiger partial charge in [0.25, 0.3) is 10.0 Å². The second-order valence-corrected chi connectivity index (χ2v) is 7.95. The molecular formula is C18H18ClN3O3S. The molecule has 1 atom stereocenters. The number of benzene rings is 2. The lowest BCUT2D eigenvalue weighted by atomic mass is 10.1. The monoisotopic (exact) mass is 391 g/mol. The number of nitrogens with zero attached hydrogens (tertiary/aromatic N) is 1. The normalized spacial score (nSPS) is 17.4. The van der Waals surface area contributed by atoms with Crippen LogP contribution in [0, 0.1) is 0 Å². The Bertz CT molecular complexity index is 973. The lowest BCUT2D eigenvalue weighted by Gasteiger charge is -2.15. The zero-order valence-electron chi connectivity index (χ0n) is 14.1. The molecule has 0 aromatic heterocycles. The molecule has 3 rings (SSSR count). The van der Waals surface area contributed by atoms with Gasteiger partial charge in [0.05, 0.1) is 17.5 Å². The zero-order valence-corrected chi connectivity index (χ0v) is 15.6. The van der Waals surface area contributed by atoms with Gasteiger partial charge in [-0.25, -0.2) is 8.42 Å². The highest BCUT2D eigenvalue weighted by Gasteiger charge is 2.29. The van der Waals surface area contributed by atoms with Gasteiger partial charge in [0.1, 0.15) is 5.84 Å². The van der Waals surface area contributed by atoms with Crippen LogP contribution < -0.4 is 10.0 Å². The first-order chi connectivity index (χ1) is 12.4. The average Bonchev–Trinajstić information content (AvgIpc) is 2.86. The van der Waals surface area contributed by atoms with E-state index in [4.69, 9.17) is 11.6 Å². The van der Waals surface area contributed by atoms with Crippen LogP contribution in [0.5, 0.6) is 0 Å².